The fourth-order valence-electron chi connectivity index (χ4n) is 3.98. The van der Waals surface area contributed by atoms with E-state index in [9.17, 15) is 10.1 Å². The van der Waals surface area contributed by atoms with Crippen LogP contribution in [0.5, 0.6) is 0 Å². The smallest absolute Gasteiger partial charge is 0.240 e. The molecule has 0 bridgehead atoms. The number of hydrogen-bond donors (Lipinski definition) is 0. The molecule has 0 saturated heterocycles. The van der Waals surface area contributed by atoms with E-state index in [1.54, 1.807) is 0 Å². The molecule has 1 aliphatic heterocycles. The quantitative estimate of drug-likeness (QED) is 0.749. The van der Waals surface area contributed by atoms with Gasteiger partial charge >= 0.3 is 0 Å². The lowest BCUT2D eigenvalue weighted by Gasteiger charge is -2.31. The van der Waals surface area contributed by atoms with Gasteiger partial charge in [0.15, 0.2) is 0 Å². The third kappa shape index (κ3) is 3.59. The number of fused-ring (bicyclic) bond motifs is 2. The number of anilines is 1. The minimum Gasteiger partial charge on any atom is -0.311 e. The number of thioether (sulfide) groups is 1. The van der Waals surface area contributed by atoms with Crippen LogP contribution >= 0.6 is 11.8 Å². The number of para-hydroxylation sites is 1. The van der Waals surface area contributed by atoms with Crippen molar-refractivity contribution >= 4 is 23.4 Å². The lowest BCUT2D eigenvalue weighted by atomic mass is 9.95. The van der Waals surface area contributed by atoms with Crippen molar-refractivity contribution in [3.8, 4) is 6.07 Å². The van der Waals surface area contributed by atoms with Gasteiger partial charge < -0.3 is 4.90 Å². The Bertz CT molecular complexity index is 918. The highest BCUT2D eigenvalue weighted by atomic mass is 32.2. The minimum absolute atomic E-state index is 0.0931. The maximum Gasteiger partial charge on any atom is 0.240 e. The van der Waals surface area contributed by atoms with E-state index in [1.165, 1.54) is 22.9 Å². The first-order valence-corrected chi connectivity index (χ1v) is 10.5. The zero-order valence-electron chi connectivity index (χ0n) is 15.6. The molecular weight excluding hydrogens is 354 g/mol. The molecule has 1 atom stereocenters. The molecule has 5 heteroatoms. The topological polar surface area (TPSA) is 57.0 Å². The van der Waals surface area contributed by atoms with Gasteiger partial charge in [0.25, 0.3) is 0 Å². The van der Waals surface area contributed by atoms with Crippen LogP contribution in [0.15, 0.2) is 35.4 Å². The predicted molar refractivity (Wildman–Crippen MR) is 108 cm³/mol. The summed E-state index contributed by atoms with van der Waals surface area (Å²) in [4.78, 5) is 19.8. The molecule has 0 spiro atoms. The Kier molecular flexibility index (Phi) is 5.18. The largest absolute Gasteiger partial charge is 0.311 e. The molecule has 2 heterocycles. The van der Waals surface area contributed by atoms with E-state index in [1.807, 2.05) is 36.1 Å². The third-order valence-corrected chi connectivity index (χ3v) is 6.49. The van der Waals surface area contributed by atoms with Crippen molar-refractivity contribution < 1.29 is 4.79 Å². The second-order valence-electron chi connectivity index (χ2n) is 7.25. The van der Waals surface area contributed by atoms with Crippen LogP contribution in [0.3, 0.4) is 0 Å². The second-order valence-corrected chi connectivity index (χ2v) is 8.58. The van der Waals surface area contributed by atoms with E-state index in [4.69, 9.17) is 4.98 Å². The summed E-state index contributed by atoms with van der Waals surface area (Å²) in [6, 6.07) is 12.4. The number of rotatable bonds is 3. The molecule has 2 aromatic rings. The molecule has 0 saturated carbocycles. The molecule has 1 aromatic heterocycles. The lowest BCUT2D eigenvalue weighted by molar-refractivity contribution is -0.117. The number of nitrogens with zero attached hydrogens (tertiary/aromatic N) is 3. The van der Waals surface area contributed by atoms with Crippen molar-refractivity contribution in [2.45, 2.75) is 55.7 Å². The van der Waals surface area contributed by atoms with Crippen molar-refractivity contribution in [1.29, 1.82) is 5.26 Å². The number of hydrogen-bond acceptors (Lipinski definition) is 4. The number of nitriles is 1. The van der Waals surface area contributed by atoms with Crippen LogP contribution in [0, 0.1) is 11.3 Å². The van der Waals surface area contributed by atoms with E-state index in [0.717, 1.165) is 56.5 Å². The summed E-state index contributed by atoms with van der Waals surface area (Å²) in [6.45, 7) is 2.68. The Morgan fingerprint density at radius 1 is 1.19 bits per heavy atom. The van der Waals surface area contributed by atoms with Crippen LogP contribution in [-0.2, 0) is 24.1 Å². The van der Waals surface area contributed by atoms with Crippen LogP contribution in [0.2, 0.25) is 0 Å². The average Bonchev–Trinajstić information content (AvgIpc) is 2.72. The summed E-state index contributed by atoms with van der Waals surface area (Å²) in [5, 5.41) is 9.97. The Morgan fingerprint density at radius 2 is 1.96 bits per heavy atom. The van der Waals surface area contributed by atoms with Gasteiger partial charge in [-0.05, 0) is 68.7 Å². The molecule has 4 nitrogen and oxygen atoms in total. The number of carbonyl (C=O) groups is 1. The first-order valence-electron chi connectivity index (χ1n) is 9.66. The van der Waals surface area contributed by atoms with Gasteiger partial charge in [-0.15, -0.1) is 0 Å². The van der Waals surface area contributed by atoms with Crippen molar-refractivity contribution in [1.82, 2.24) is 4.98 Å². The third-order valence-electron chi connectivity index (χ3n) is 5.40. The van der Waals surface area contributed by atoms with Gasteiger partial charge in [0.1, 0.15) is 11.1 Å². The van der Waals surface area contributed by atoms with Crippen LogP contribution in [0.1, 0.15) is 48.6 Å². The average molecular weight is 378 g/mol. The van der Waals surface area contributed by atoms with Gasteiger partial charge in [0.05, 0.1) is 10.8 Å². The van der Waals surface area contributed by atoms with Crippen LogP contribution < -0.4 is 4.90 Å². The van der Waals surface area contributed by atoms with Crippen molar-refractivity contribution in [2.24, 2.45) is 0 Å². The van der Waals surface area contributed by atoms with Gasteiger partial charge in [0, 0.05) is 17.9 Å². The van der Waals surface area contributed by atoms with Crippen LogP contribution in [0.4, 0.5) is 5.69 Å². The number of carbonyl (C=O) groups excluding carboxylic acids is 1. The van der Waals surface area contributed by atoms with Crippen molar-refractivity contribution in [2.75, 3.05) is 11.4 Å². The Hall–Kier alpha value is -2.32. The SMILES string of the molecule is CC(Sc1nc2c(cc1C#N)CCCC2)C(=O)N1CCCc2ccccc21. The Morgan fingerprint density at radius 3 is 2.81 bits per heavy atom. The molecule has 1 amide bonds. The summed E-state index contributed by atoms with van der Waals surface area (Å²) >= 11 is 1.42. The number of amides is 1. The summed E-state index contributed by atoms with van der Waals surface area (Å²) in [5.41, 5.74) is 5.16. The van der Waals surface area contributed by atoms with E-state index < -0.39 is 0 Å². The molecule has 0 N–H and O–H groups in total. The Labute approximate surface area is 164 Å². The van der Waals surface area contributed by atoms with Crippen LogP contribution in [0.25, 0.3) is 0 Å². The highest BCUT2D eigenvalue weighted by Gasteiger charge is 2.28. The van der Waals surface area contributed by atoms with Gasteiger partial charge in [0.2, 0.25) is 5.91 Å². The first kappa shape index (κ1) is 18.1. The van der Waals surface area contributed by atoms with E-state index >= 15 is 0 Å². The molecule has 0 radical (unpaired) electrons. The second kappa shape index (κ2) is 7.74. The van der Waals surface area contributed by atoms with Crippen molar-refractivity contribution in [3.63, 3.8) is 0 Å². The summed E-state index contributed by atoms with van der Waals surface area (Å²) < 4.78 is 0. The fourth-order valence-corrected chi connectivity index (χ4v) is 4.94. The van der Waals surface area contributed by atoms with E-state index in [0.29, 0.717) is 10.6 Å². The first-order chi connectivity index (χ1) is 13.2. The summed E-state index contributed by atoms with van der Waals surface area (Å²) in [6.07, 6.45) is 6.29. The van der Waals surface area contributed by atoms with Gasteiger partial charge in [-0.1, -0.05) is 30.0 Å². The number of aryl methyl sites for hydroxylation is 3. The number of benzene rings is 1. The highest BCUT2D eigenvalue weighted by Crippen LogP contribution is 2.33. The Balaban J connectivity index is 1.57. The van der Waals surface area contributed by atoms with E-state index in [-0.39, 0.29) is 11.2 Å². The number of aromatic nitrogens is 1. The maximum absolute atomic E-state index is 13.1. The molecule has 2 aliphatic rings. The lowest BCUT2D eigenvalue weighted by Crippen LogP contribution is -2.40. The molecule has 0 fully saturated rings. The van der Waals surface area contributed by atoms with E-state index in [2.05, 4.69) is 12.1 Å². The van der Waals surface area contributed by atoms with Crippen molar-refractivity contribution in [3.05, 3.63) is 52.7 Å². The van der Waals surface area contributed by atoms with Gasteiger partial charge in [-0.25, -0.2) is 4.98 Å². The van der Waals surface area contributed by atoms with Crippen LogP contribution in [-0.4, -0.2) is 22.7 Å². The minimum atomic E-state index is -0.280. The molecule has 1 aromatic carbocycles. The molecule has 4 rings (SSSR count). The summed E-state index contributed by atoms with van der Waals surface area (Å²) in [7, 11) is 0. The zero-order valence-corrected chi connectivity index (χ0v) is 16.4. The molecule has 1 aliphatic carbocycles. The maximum atomic E-state index is 13.1. The zero-order chi connectivity index (χ0) is 18.8. The molecule has 27 heavy (non-hydrogen) atoms. The van der Waals surface area contributed by atoms with Gasteiger partial charge in [-0.3, -0.25) is 4.79 Å². The fraction of sp³-hybridized carbons (Fsp3) is 0.409. The monoisotopic (exact) mass is 377 g/mol. The number of pyridine rings is 1. The van der Waals surface area contributed by atoms with Gasteiger partial charge in [-0.2, -0.15) is 5.26 Å². The molecule has 1 unspecified atom stereocenters. The standard InChI is InChI=1S/C22H23N3OS/c1-15(22(26)25-12-6-9-16-7-3-5-11-20(16)25)27-21-18(14-23)13-17-8-2-4-10-19(17)24-21/h3,5,7,11,13,15H,2,4,6,8-10,12H2,1H3. The molecular formula is C22H23N3OS. The highest BCUT2D eigenvalue weighted by molar-refractivity contribution is 8.00. The predicted octanol–water partition coefficient (Wildman–Crippen LogP) is 4.29. The molecule has 138 valence electrons. The summed E-state index contributed by atoms with van der Waals surface area (Å²) in [5.74, 6) is 0.0931. The normalized spacial score (nSPS) is 16.8.